The number of aliphatic hydroxyl groups excluding tert-OH is 1. The van der Waals surface area contributed by atoms with E-state index in [4.69, 9.17) is 5.11 Å². The van der Waals surface area contributed by atoms with Crippen LogP contribution in [0.5, 0.6) is 0 Å². The van der Waals surface area contributed by atoms with Gasteiger partial charge in [-0.15, -0.1) is 0 Å². The molecular weight excluding hydrogens is 240 g/mol. The topological polar surface area (TPSA) is 104 Å². The Kier molecular flexibility index (Phi) is 3.61. The third-order valence-corrected chi connectivity index (χ3v) is 4.72. The molecule has 0 saturated heterocycles. The van der Waals surface area contributed by atoms with Crippen LogP contribution in [-0.4, -0.2) is 44.1 Å². The highest BCUT2D eigenvalue weighted by Gasteiger charge is 2.26. The molecule has 0 aliphatic rings. The second kappa shape index (κ2) is 3.74. The van der Waals surface area contributed by atoms with Gasteiger partial charge in [-0.25, -0.2) is 13.1 Å². The van der Waals surface area contributed by atoms with E-state index in [0.29, 0.717) is 6.26 Å². The minimum absolute atomic E-state index is 0.0581. The van der Waals surface area contributed by atoms with Crippen LogP contribution in [0.1, 0.15) is 0 Å². The van der Waals surface area contributed by atoms with Crippen molar-refractivity contribution in [1.82, 2.24) is 8.43 Å². The van der Waals surface area contributed by atoms with E-state index in [1.807, 2.05) is 0 Å². The third-order valence-electron chi connectivity index (χ3n) is 1.02. The number of hydrogen-bond acceptors (Lipinski definition) is 5. The maximum atomic E-state index is 11.0. The Hall–Kier alpha value is -0.450. The summed E-state index contributed by atoms with van der Waals surface area (Å²) in [5.74, 6) is 0. The molecule has 0 amide bonds. The molecule has 0 bridgehead atoms. The van der Waals surface area contributed by atoms with E-state index in [0.717, 1.165) is 7.05 Å². The van der Waals surface area contributed by atoms with Crippen molar-refractivity contribution in [3.63, 3.8) is 0 Å². The standard InChI is InChI=1S/C3H8N2O5S3/c1-5(12(2,7)8)13(9,10)4-3(6)11/h1-2H3,(H2,4,6,11). The minimum Gasteiger partial charge on any atom is -0.486 e. The van der Waals surface area contributed by atoms with E-state index < -0.39 is 25.4 Å². The Morgan fingerprint density at radius 1 is 1.38 bits per heavy atom. The Morgan fingerprint density at radius 3 is 2.00 bits per heavy atom. The lowest BCUT2D eigenvalue weighted by molar-refractivity contribution is 0.513. The monoisotopic (exact) mass is 248 g/mol. The Labute approximate surface area is 81.6 Å². The van der Waals surface area contributed by atoms with E-state index in [1.54, 1.807) is 0 Å². The number of sulfonamides is 1. The first-order valence-electron chi connectivity index (χ1n) is 2.77. The summed E-state index contributed by atoms with van der Waals surface area (Å²) in [7, 11) is -7.39. The average Bonchev–Trinajstić information content (AvgIpc) is 1.80. The van der Waals surface area contributed by atoms with Crippen LogP contribution in [0, 0.1) is 0 Å². The molecule has 0 radical (unpaired) electrons. The number of rotatable bonds is 3. The number of nitrogens with zero attached hydrogens (tertiary/aromatic N) is 1. The molecule has 0 aliphatic heterocycles. The lowest BCUT2D eigenvalue weighted by atomic mass is 11.4. The highest BCUT2D eigenvalue weighted by molar-refractivity contribution is 8.03. The first kappa shape index (κ1) is 12.6. The first-order valence-corrected chi connectivity index (χ1v) is 6.47. The molecule has 0 spiro atoms. The summed E-state index contributed by atoms with van der Waals surface area (Å²) in [4.78, 5) is 0. The van der Waals surface area contributed by atoms with Crippen LogP contribution in [-0.2, 0) is 20.2 Å². The zero-order chi connectivity index (χ0) is 10.9. The minimum atomic E-state index is -4.31. The molecule has 0 atom stereocenters. The quantitative estimate of drug-likeness (QED) is 0.592. The smallest absolute Gasteiger partial charge is 0.317 e. The van der Waals surface area contributed by atoms with E-state index >= 15 is 0 Å². The summed E-state index contributed by atoms with van der Waals surface area (Å²) in [5, 5.41) is 7.40. The zero-order valence-corrected chi connectivity index (χ0v) is 9.20. The van der Waals surface area contributed by atoms with Crippen LogP contribution in [0.25, 0.3) is 0 Å². The Morgan fingerprint density at radius 2 is 1.77 bits per heavy atom. The molecule has 0 fully saturated rings. The SMILES string of the molecule is CN(S(C)(=O)=O)S(=O)(=O)NC(O)=S. The van der Waals surface area contributed by atoms with Gasteiger partial charge in [0, 0.05) is 7.05 Å². The molecular formula is C3H8N2O5S3. The molecule has 0 aliphatic carbocycles. The van der Waals surface area contributed by atoms with E-state index in [1.165, 1.54) is 4.72 Å². The van der Waals surface area contributed by atoms with Crippen LogP contribution >= 0.6 is 12.2 Å². The Bertz CT molecular complexity index is 395. The van der Waals surface area contributed by atoms with Gasteiger partial charge in [0.2, 0.25) is 10.0 Å². The van der Waals surface area contributed by atoms with Crippen molar-refractivity contribution in [2.75, 3.05) is 13.3 Å². The van der Waals surface area contributed by atoms with Crippen molar-refractivity contribution in [1.29, 1.82) is 0 Å². The van der Waals surface area contributed by atoms with Gasteiger partial charge >= 0.3 is 10.2 Å². The number of thiocarbonyl (C=S) groups is 1. The van der Waals surface area contributed by atoms with Crippen LogP contribution in [0.3, 0.4) is 0 Å². The predicted molar refractivity (Wildman–Crippen MR) is 49.9 cm³/mol. The summed E-state index contributed by atoms with van der Waals surface area (Å²) in [6.07, 6.45) is 0.701. The van der Waals surface area contributed by atoms with Crippen molar-refractivity contribution in [2.45, 2.75) is 0 Å². The molecule has 0 aromatic carbocycles. The third kappa shape index (κ3) is 3.85. The summed E-state index contributed by atoms with van der Waals surface area (Å²) < 4.78 is 44.9. The second-order valence-corrected chi connectivity index (χ2v) is 6.39. The zero-order valence-electron chi connectivity index (χ0n) is 6.75. The molecule has 0 unspecified atom stereocenters. The molecule has 2 N–H and O–H groups in total. The summed E-state index contributed by atoms with van der Waals surface area (Å²) >= 11 is 4.03. The fourth-order valence-corrected chi connectivity index (χ4v) is 2.56. The van der Waals surface area contributed by atoms with Gasteiger partial charge in [0.15, 0.2) is 0 Å². The second-order valence-electron chi connectivity index (χ2n) is 2.05. The molecule has 78 valence electrons. The first-order chi connectivity index (χ1) is 5.57. The number of hydrogen-bond donors (Lipinski definition) is 2. The van der Waals surface area contributed by atoms with E-state index in [-0.39, 0.29) is 3.71 Å². The van der Waals surface area contributed by atoms with Gasteiger partial charge in [0.25, 0.3) is 5.17 Å². The molecule has 7 nitrogen and oxygen atoms in total. The van der Waals surface area contributed by atoms with Gasteiger partial charge < -0.3 is 5.11 Å². The Balaban J connectivity index is 4.99. The molecule has 0 saturated carbocycles. The normalized spacial score (nSPS) is 12.8. The largest absolute Gasteiger partial charge is 0.486 e. The lowest BCUT2D eigenvalue weighted by Gasteiger charge is -2.13. The van der Waals surface area contributed by atoms with Crippen molar-refractivity contribution in [2.24, 2.45) is 0 Å². The summed E-state index contributed by atoms with van der Waals surface area (Å²) in [6, 6.07) is 0. The molecule has 0 heterocycles. The van der Waals surface area contributed by atoms with Crippen molar-refractivity contribution < 1.29 is 21.9 Å². The number of aliphatic hydroxyl groups is 1. The molecule has 10 heteroatoms. The number of nitrogens with one attached hydrogen (secondary N) is 1. The predicted octanol–water partition coefficient (Wildman–Crippen LogP) is -1.44. The molecule has 0 rings (SSSR count). The maximum Gasteiger partial charge on any atom is 0.317 e. The highest BCUT2D eigenvalue weighted by atomic mass is 32.3. The summed E-state index contributed by atoms with van der Waals surface area (Å²) in [6.45, 7) is 0. The average molecular weight is 248 g/mol. The van der Waals surface area contributed by atoms with Gasteiger partial charge in [-0.2, -0.15) is 8.42 Å². The van der Waals surface area contributed by atoms with Gasteiger partial charge in [0.1, 0.15) is 0 Å². The maximum absolute atomic E-state index is 11.0. The molecule has 13 heavy (non-hydrogen) atoms. The van der Waals surface area contributed by atoms with Gasteiger partial charge in [0.05, 0.1) is 6.26 Å². The van der Waals surface area contributed by atoms with Crippen LogP contribution < -0.4 is 4.72 Å². The van der Waals surface area contributed by atoms with Crippen LogP contribution in [0.4, 0.5) is 0 Å². The van der Waals surface area contributed by atoms with Crippen molar-refractivity contribution in [3.05, 3.63) is 0 Å². The molecule has 0 aromatic heterocycles. The lowest BCUT2D eigenvalue weighted by Crippen LogP contribution is -2.43. The van der Waals surface area contributed by atoms with Gasteiger partial charge in [-0.05, 0) is 12.2 Å². The molecule has 0 aromatic rings. The summed E-state index contributed by atoms with van der Waals surface area (Å²) in [5.41, 5.74) is 0. The van der Waals surface area contributed by atoms with Crippen LogP contribution in [0.2, 0.25) is 0 Å². The van der Waals surface area contributed by atoms with Crippen molar-refractivity contribution >= 4 is 37.6 Å². The van der Waals surface area contributed by atoms with Crippen molar-refractivity contribution in [3.8, 4) is 0 Å². The fraction of sp³-hybridized carbons (Fsp3) is 0.667. The van der Waals surface area contributed by atoms with E-state index in [2.05, 4.69) is 12.2 Å². The fourth-order valence-electron chi connectivity index (χ4n) is 0.353. The van der Waals surface area contributed by atoms with Crippen LogP contribution in [0.15, 0.2) is 0 Å². The highest BCUT2D eigenvalue weighted by Crippen LogP contribution is 1.99. The van der Waals surface area contributed by atoms with Gasteiger partial charge in [-0.3, -0.25) is 0 Å². The van der Waals surface area contributed by atoms with E-state index in [9.17, 15) is 16.8 Å². The van der Waals surface area contributed by atoms with Gasteiger partial charge in [-0.1, -0.05) is 3.71 Å².